The summed E-state index contributed by atoms with van der Waals surface area (Å²) in [6.07, 6.45) is 0. The van der Waals surface area contributed by atoms with E-state index in [2.05, 4.69) is 0 Å². The van der Waals surface area contributed by atoms with Crippen molar-refractivity contribution in [2.75, 3.05) is 11.5 Å². The van der Waals surface area contributed by atoms with Gasteiger partial charge in [0.15, 0.2) is 4.33 Å². The lowest BCUT2D eigenvalue weighted by atomic mass is 9.84. The van der Waals surface area contributed by atoms with Crippen molar-refractivity contribution >= 4 is 87.1 Å². The number of rotatable bonds is 3. The lowest BCUT2D eigenvalue weighted by Crippen LogP contribution is -2.50. The number of carbonyl (C=O) groups is 2. The minimum Gasteiger partial charge on any atom is -0.494 e. The minimum atomic E-state index is -1.93. The lowest BCUT2D eigenvalue weighted by molar-refractivity contribution is -0.123. The quantitative estimate of drug-likeness (QED) is 0.441. The Kier molecular flexibility index (Phi) is 4.48. The third-order valence-corrected chi connectivity index (χ3v) is 9.57. The van der Waals surface area contributed by atoms with Crippen molar-refractivity contribution in [1.82, 2.24) is 0 Å². The third-order valence-electron chi connectivity index (χ3n) is 5.31. The summed E-state index contributed by atoms with van der Waals surface area (Å²) in [6.45, 7) is 2.34. The number of halogens is 6. The molecule has 3 aliphatic rings. The molecule has 1 aromatic rings. The molecule has 2 fully saturated rings. The minimum absolute atomic E-state index is 0.109. The second-order valence-electron chi connectivity index (χ2n) is 6.52. The van der Waals surface area contributed by atoms with Gasteiger partial charge in [0.25, 0.3) is 0 Å². The van der Waals surface area contributed by atoms with Crippen LogP contribution in [0.3, 0.4) is 0 Å². The average Bonchev–Trinajstić information content (AvgIpc) is 3.01. The maximum Gasteiger partial charge on any atom is 0.240 e. The van der Waals surface area contributed by atoms with Gasteiger partial charge in [-0.3, -0.25) is 9.59 Å². The van der Waals surface area contributed by atoms with Gasteiger partial charge in [-0.1, -0.05) is 46.4 Å². The summed E-state index contributed by atoms with van der Waals surface area (Å²) in [6, 6.07) is 6.49. The first kappa shape index (κ1) is 19.9. The Labute approximate surface area is 185 Å². The monoisotopic (exact) mass is 487 g/mol. The first-order valence-electron chi connectivity index (χ1n) is 7.97. The summed E-state index contributed by atoms with van der Waals surface area (Å²) in [4.78, 5) is 23.8. The number of carbonyl (C=O) groups excluding carboxylic acids is 2. The number of hydrogen-bond acceptors (Lipinski definition) is 3. The van der Waals surface area contributed by atoms with Crippen molar-refractivity contribution in [1.29, 1.82) is 0 Å². The maximum absolute atomic E-state index is 13.2. The predicted octanol–water partition coefficient (Wildman–Crippen LogP) is 5.04. The van der Waals surface area contributed by atoms with Crippen LogP contribution in [0.25, 0.3) is 0 Å². The number of amides is 2. The molecule has 144 valence electrons. The van der Waals surface area contributed by atoms with Gasteiger partial charge in [0.1, 0.15) is 15.5 Å². The highest BCUT2D eigenvalue weighted by Gasteiger charge is 2.87. The van der Waals surface area contributed by atoms with Crippen molar-refractivity contribution in [3.63, 3.8) is 0 Å². The number of fused-ring (bicyclic) bond motifs is 5. The summed E-state index contributed by atoms with van der Waals surface area (Å²) in [5, 5.41) is -0.219. The Morgan fingerprint density at radius 2 is 1.37 bits per heavy atom. The molecule has 1 aromatic carbocycles. The molecule has 1 saturated heterocycles. The van der Waals surface area contributed by atoms with E-state index in [0.717, 1.165) is 4.90 Å². The molecule has 27 heavy (non-hydrogen) atoms. The van der Waals surface area contributed by atoms with E-state index in [9.17, 15) is 9.59 Å². The second kappa shape index (κ2) is 6.07. The molecule has 4 nitrogen and oxygen atoms in total. The summed E-state index contributed by atoms with van der Waals surface area (Å²) >= 11 is 38.7. The normalized spacial score (nSPS) is 36.6. The van der Waals surface area contributed by atoms with Gasteiger partial charge in [0.05, 0.1) is 34.2 Å². The molecular weight excluding hydrogens is 479 g/mol. The van der Waals surface area contributed by atoms with E-state index in [-0.39, 0.29) is 10.1 Å². The molecule has 2 aliphatic carbocycles. The van der Waals surface area contributed by atoms with Gasteiger partial charge in [-0.25, -0.2) is 4.90 Å². The van der Waals surface area contributed by atoms with E-state index in [4.69, 9.17) is 74.3 Å². The fourth-order valence-electron chi connectivity index (χ4n) is 4.11. The molecule has 4 rings (SSSR count). The van der Waals surface area contributed by atoms with E-state index in [1.165, 1.54) is 0 Å². The number of benzene rings is 1. The van der Waals surface area contributed by atoms with Crippen LogP contribution in [0.15, 0.2) is 34.3 Å². The number of imide groups is 1. The van der Waals surface area contributed by atoms with Crippen LogP contribution >= 0.6 is 69.6 Å². The van der Waals surface area contributed by atoms with E-state index < -0.39 is 37.7 Å². The molecule has 2 bridgehead atoms. The van der Waals surface area contributed by atoms with E-state index in [0.29, 0.717) is 18.0 Å². The van der Waals surface area contributed by atoms with Crippen LogP contribution in [0.1, 0.15) is 6.92 Å². The van der Waals surface area contributed by atoms with Crippen molar-refractivity contribution < 1.29 is 14.3 Å². The number of allylic oxidation sites excluding steroid dienone is 2. The van der Waals surface area contributed by atoms with Crippen molar-refractivity contribution in [3.8, 4) is 5.75 Å². The van der Waals surface area contributed by atoms with Crippen molar-refractivity contribution in [2.45, 2.75) is 21.0 Å². The largest absolute Gasteiger partial charge is 0.494 e. The first-order valence-corrected chi connectivity index (χ1v) is 10.2. The zero-order valence-corrected chi connectivity index (χ0v) is 18.1. The van der Waals surface area contributed by atoms with Gasteiger partial charge >= 0.3 is 0 Å². The molecule has 0 unspecified atom stereocenters. The van der Waals surface area contributed by atoms with Crippen LogP contribution in [0.4, 0.5) is 5.69 Å². The highest BCUT2D eigenvalue weighted by Crippen LogP contribution is 2.77. The number of alkyl halides is 4. The highest BCUT2D eigenvalue weighted by atomic mass is 35.5. The standard InChI is InChI=1S/C17H11Cl6NO3/c1-2-27-8-5-3-7(4-6-8)24-13(25)9-10(14(24)26)16(21)12(19)11(18)15(9,20)17(16,22)23/h3-6,9-10H,2H2,1H3/t9-,10-,15-,16-/m1/s1. The predicted molar refractivity (Wildman–Crippen MR) is 107 cm³/mol. The van der Waals surface area contributed by atoms with Crippen molar-refractivity contribution in [2.24, 2.45) is 11.8 Å². The molecule has 0 N–H and O–H groups in total. The second-order valence-corrected chi connectivity index (χ2v) is 9.80. The first-order chi connectivity index (χ1) is 12.5. The zero-order valence-electron chi connectivity index (χ0n) is 13.6. The van der Waals surface area contributed by atoms with Crippen LogP contribution < -0.4 is 9.64 Å². The highest BCUT2D eigenvalue weighted by molar-refractivity contribution is 6.67. The molecule has 1 aliphatic heterocycles. The van der Waals surface area contributed by atoms with E-state index >= 15 is 0 Å². The summed E-state index contributed by atoms with van der Waals surface area (Å²) < 4.78 is 3.45. The molecule has 2 amide bonds. The van der Waals surface area contributed by atoms with Crippen LogP contribution in [-0.4, -0.2) is 32.5 Å². The Morgan fingerprint density at radius 3 is 1.78 bits per heavy atom. The summed E-state index contributed by atoms with van der Waals surface area (Å²) in [7, 11) is 0. The number of hydrogen-bond donors (Lipinski definition) is 0. The van der Waals surface area contributed by atoms with Crippen molar-refractivity contribution in [3.05, 3.63) is 34.3 Å². The molecule has 1 heterocycles. The van der Waals surface area contributed by atoms with Gasteiger partial charge in [-0.2, -0.15) is 0 Å². The maximum atomic E-state index is 13.2. The van der Waals surface area contributed by atoms with Gasteiger partial charge in [0.2, 0.25) is 11.8 Å². The Bertz CT molecular complexity index is 854. The smallest absolute Gasteiger partial charge is 0.240 e. The fraction of sp³-hybridized carbons (Fsp3) is 0.412. The molecule has 0 radical (unpaired) electrons. The van der Waals surface area contributed by atoms with Crippen LogP contribution in [0, 0.1) is 11.8 Å². The van der Waals surface area contributed by atoms with Gasteiger partial charge < -0.3 is 4.74 Å². The van der Waals surface area contributed by atoms with Crippen LogP contribution in [0.2, 0.25) is 0 Å². The van der Waals surface area contributed by atoms with Crippen LogP contribution in [-0.2, 0) is 9.59 Å². The number of ether oxygens (including phenoxy) is 1. The Hall–Kier alpha value is -0.360. The van der Waals surface area contributed by atoms with E-state index in [1.54, 1.807) is 24.3 Å². The van der Waals surface area contributed by atoms with Gasteiger partial charge in [0, 0.05) is 0 Å². The summed E-state index contributed by atoms with van der Waals surface area (Å²) in [5.41, 5.74) is 0.352. The SMILES string of the molecule is CCOc1ccc(N2C(=O)[C@H]3[C@H](C2=O)[C@@]2(Cl)C(Cl)=C(Cl)[C@@]3(Cl)C2(Cl)Cl)cc1. The average molecular weight is 490 g/mol. The molecular formula is C17H11Cl6NO3. The third kappa shape index (κ3) is 2.10. The zero-order chi connectivity index (χ0) is 19.9. The van der Waals surface area contributed by atoms with E-state index in [1.807, 2.05) is 6.92 Å². The summed E-state index contributed by atoms with van der Waals surface area (Å²) in [5.74, 6) is -2.84. The molecule has 10 heteroatoms. The topological polar surface area (TPSA) is 46.6 Å². The van der Waals surface area contributed by atoms with Gasteiger partial charge in [-0.15, -0.1) is 23.2 Å². The lowest BCUT2D eigenvalue weighted by Gasteiger charge is -2.34. The fourth-order valence-corrected chi connectivity index (χ4v) is 7.04. The Morgan fingerprint density at radius 1 is 0.926 bits per heavy atom. The molecule has 4 atom stereocenters. The van der Waals surface area contributed by atoms with Gasteiger partial charge in [-0.05, 0) is 31.2 Å². The number of nitrogens with zero attached hydrogens (tertiary/aromatic N) is 1. The molecule has 1 saturated carbocycles. The van der Waals surface area contributed by atoms with Crippen LogP contribution in [0.5, 0.6) is 5.75 Å². The number of anilines is 1. The Balaban J connectivity index is 1.81. The molecule has 0 aromatic heterocycles. The molecule has 0 spiro atoms.